The van der Waals surface area contributed by atoms with Crippen molar-refractivity contribution in [3.05, 3.63) is 100 Å². The van der Waals surface area contributed by atoms with E-state index >= 15 is 0 Å². The first-order chi connectivity index (χ1) is 28.0. The molecule has 5 aromatic rings. The van der Waals surface area contributed by atoms with Crippen LogP contribution in [0, 0.1) is 0 Å². The molecule has 0 radical (unpaired) electrons. The molecule has 0 bridgehead atoms. The van der Waals surface area contributed by atoms with Crippen molar-refractivity contribution in [2.45, 2.75) is 30.2 Å². The molecule has 0 atom stereocenters. The van der Waals surface area contributed by atoms with Gasteiger partial charge in [0.2, 0.25) is 10.0 Å². The second kappa shape index (κ2) is 16.6. The Hall–Kier alpha value is -6.12. The van der Waals surface area contributed by atoms with Gasteiger partial charge in [-0.3, -0.25) is 23.8 Å². The number of fused-ring (bicyclic) bond motifs is 2. The van der Waals surface area contributed by atoms with Crippen molar-refractivity contribution in [2.75, 3.05) is 39.7 Å². The number of carbonyl (C=O) groups excluding carboxylic acids is 3. The molecule has 59 heavy (non-hydrogen) atoms. The molecule has 0 spiro atoms. The van der Waals surface area contributed by atoms with Crippen LogP contribution in [-0.2, 0) is 26.7 Å². The summed E-state index contributed by atoms with van der Waals surface area (Å²) in [4.78, 5) is 41.1. The Labute approximate surface area is 343 Å². The van der Waals surface area contributed by atoms with E-state index in [9.17, 15) is 40.9 Å². The second-order valence-electron chi connectivity index (χ2n) is 12.8. The minimum absolute atomic E-state index is 0.00425. The average molecular weight is 866 g/mol. The standard InChI is InChI=1S/C39H36ClN5O12S2/c1-6-44(7-2)58(50,51)22-12-13-32(55-3)31(16-22)42-43-35-27-15-23(59(52,53)54)14-21(20-45-38(48)24-10-8-9-11-25(24)39(45)49)26(27)17-28(36(35)46)37(47)41-30-18-29(40)33(56-4)19-34(30)57-5/h8-19,46H,6-7,20H2,1-5H3,(H,41,47)(H,52,53,54). The topological polar surface area (TPSA) is 231 Å². The quantitative estimate of drug-likeness (QED) is 0.0584. The number of phenols is 1. The van der Waals surface area contributed by atoms with Gasteiger partial charge >= 0.3 is 0 Å². The van der Waals surface area contributed by atoms with Gasteiger partial charge in [0.15, 0.2) is 5.75 Å². The van der Waals surface area contributed by atoms with Crippen LogP contribution in [0.1, 0.15) is 50.5 Å². The highest BCUT2D eigenvalue weighted by Gasteiger charge is 2.36. The number of sulfonamides is 1. The van der Waals surface area contributed by atoms with Crippen molar-refractivity contribution in [1.82, 2.24) is 9.21 Å². The highest BCUT2D eigenvalue weighted by atomic mass is 35.5. The number of ether oxygens (including phenoxy) is 3. The predicted octanol–water partition coefficient (Wildman–Crippen LogP) is 6.97. The lowest BCUT2D eigenvalue weighted by molar-refractivity contribution is 0.0642. The number of nitrogens with zero attached hydrogens (tertiary/aromatic N) is 4. The van der Waals surface area contributed by atoms with E-state index in [-0.39, 0.29) is 79.1 Å². The number of hydrogen-bond acceptors (Lipinski definition) is 13. The van der Waals surface area contributed by atoms with Crippen LogP contribution < -0.4 is 19.5 Å². The van der Waals surface area contributed by atoms with Gasteiger partial charge in [-0.15, -0.1) is 10.2 Å². The molecule has 0 unspecified atom stereocenters. The molecule has 1 heterocycles. The van der Waals surface area contributed by atoms with E-state index in [4.69, 9.17) is 25.8 Å². The van der Waals surface area contributed by atoms with Crippen LogP contribution >= 0.6 is 11.6 Å². The van der Waals surface area contributed by atoms with E-state index in [2.05, 4.69) is 15.5 Å². The first-order valence-corrected chi connectivity index (χ1v) is 20.8. The molecule has 0 saturated carbocycles. The lowest BCUT2D eigenvalue weighted by atomic mass is 9.98. The minimum Gasteiger partial charge on any atom is -0.505 e. The lowest BCUT2D eigenvalue weighted by Gasteiger charge is -2.19. The molecule has 20 heteroatoms. The first kappa shape index (κ1) is 42.5. The molecule has 1 aliphatic heterocycles. The highest BCUT2D eigenvalue weighted by Crippen LogP contribution is 2.44. The van der Waals surface area contributed by atoms with Crippen LogP contribution in [0.15, 0.2) is 92.8 Å². The smallest absolute Gasteiger partial charge is 0.294 e. The van der Waals surface area contributed by atoms with Crippen molar-refractivity contribution in [3.8, 4) is 23.0 Å². The van der Waals surface area contributed by atoms with Crippen LogP contribution in [-0.4, -0.2) is 87.8 Å². The van der Waals surface area contributed by atoms with Crippen LogP contribution in [0.5, 0.6) is 23.0 Å². The van der Waals surface area contributed by atoms with Crippen LogP contribution in [0.3, 0.4) is 0 Å². The van der Waals surface area contributed by atoms with Gasteiger partial charge in [0, 0.05) is 24.5 Å². The Balaban J connectivity index is 1.60. The van der Waals surface area contributed by atoms with Crippen LogP contribution in [0.25, 0.3) is 10.8 Å². The van der Waals surface area contributed by atoms with Gasteiger partial charge in [0.25, 0.3) is 27.8 Å². The molecule has 6 rings (SSSR count). The number of hydrogen-bond donors (Lipinski definition) is 3. The van der Waals surface area contributed by atoms with E-state index in [1.54, 1.807) is 26.0 Å². The molecule has 5 aromatic carbocycles. The zero-order chi connectivity index (χ0) is 43.0. The van der Waals surface area contributed by atoms with E-state index in [0.717, 1.165) is 17.0 Å². The van der Waals surface area contributed by atoms with E-state index < -0.39 is 66.3 Å². The molecular weight excluding hydrogens is 830 g/mol. The molecule has 0 aromatic heterocycles. The van der Waals surface area contributed by atoms with Crippen molar-refractivity contribution in [1.29, 1.82) is 0 Å². The molecule has 0 aliphatic carbocycles. The molecule has 3 N–H and O–H groups in total. The molecule has 3 amide bonds. The summed E-state index contributed by atoms with van der Waals surface area (Å²) in [6.45, 7) is 3.12. The highest BCUT2D eigenvalue weighted by molar-refractivity contribution is 7.89. The second-order valence-corrected chi connectivity index (χ2v) is 16.5. The third-order valence-corrected chi connectivity index (χ3v) is 12.7. The van der Waals surface area contributed by atoms with Crippen LogP contribution in [0.4, 0.5) is 17.1 Å². The summed E-state index contributed by atoms with van der Waals surface area (Å²) in [5.74, 6) is -2.78. The number of amides is 3. The number of benzene rings is 5. The van der Waals surface area contributed by atoms with Gasteiger partial charge in [0.05, 0.1) is 65.1 Å². The van der Waals surface area contributed by atoms with E-state index in [0.29, 0.717) is 0 Å². The molecule has 17 nitrogen and oxygen atoms in total. The van der Waals surface area contributed by atoms with Crippen molar-refractivity contribution in [2.24, 2.45) is 10.2 Å². The number of anilines is 1. The van der Waals surface area contributed by atoms with Gasteiger partial charge in [-0.1, -0.05) is 37.6 Å². The maximum Gasteiger partial charge on any atom is 0.294 e. The number of nitrogens with one attached hydrogen (secondary N) is 1. The van der Waals surface area contributed by atoms with Crippen molar-refractivity contribution in [3.63, 3.8) is 0 Å². The zero-order valence-electron chi connectivity index (χ0n) is 32.0. The van der Waals surface area contributed by atoms with Crippen LogP contribution in [0.2, 0.25) is 5.02 Å². The van der Waals surface area contributed by atoms with Gasteiger partial charge in [-0.25, -0.2) is 8.42 Å². The number of phenolic OH excluding ortho intramolecular Hbond substituents is 1. The third-order valence-electron chi connectivity index (χ3n) is 9.48. The number of aromatic hydroxyl groups is 1. The number of azo groups is 1. The molecule has 308 valence electrons. The fourth-order valence-corrected chi connectivity index (χ4v) is 8.78. The number of rotatable bonds is 14. The fourth-order valence-electron chi connectivity index (χ4n) is 6.50. The van der Waals surface area contributed by atoms with Crippen molar-refractivity contribution >= 4 is 77.3 Å². The van der Waals surface area contributed by atoms with Gasteiger partial charge in [-0.05, 0) is 65.5 Å². The minimum atomic E-state index is -5.01. The summed E-state index contributed by atoms with van der Waals surface area (Å²) in [5, 5.41) is 22.8. The maximum atomic E-state index is 14.1. The predicted molar refractivity (Wildman–Crippen MR) is 216 cm³/mol. The Morgan fingerprint density at radius 2 is 1.42 bits per heavy atom. The lowest BCUT2D eigenvalue weighted by Crippen LogP contribution is -2.30. The summed E-state index contributed by atoms with van der Waals surface area (Å²) >= 11 is 6.34. The number of imide groups is 1. The Morgan fingerprint density at radius 3 is 2.00 bits per heavy atom. The number of methoxy groups -OCH3 is 3. The van der Waals surface area contributed by atoms with Crippen molar-refractivity contribution < 1.29 is 55.1 Å². The number of halogens is 1. The molecule has 0 saturated heterocycles. The Kier molecular flexibility index (Phi) is 12.0. The first-order valence-electron chi connectivity index (χ1n) is 17.6. The zero-order valence-corrected chi connectivity index (χ0v) is 34.4. The average Bonchev–Trinajstić information content (AvgIpc) is 3.44. The van der Waals surface area contributed by atoms with Gasteiger partial charge in [0.1, 0.15) is 28.6 Å². The number of carbonyl (C=O) groups is 3. The maximum absolute atomic E-state index is 14.1. The summed E-state index contributed by atoms with van der Waals surface area (Å²) in [7, 11) is -5.01. The summed E-state index contributed by atoms with van der Waals surface area (Å²) in [5.41, 5.74) is -0.940. The van der Waals surface area contributed by atoms with E-state index in [1.807, 2.05) is 0 Å². The summed E-state index contributed by atoms with van der Waals surface area (Å²) < 4.78 is 79.8. The van der Waals surface area contributed by atoms with E-state index in [1.165, 1.54) is 74.2 Å². The fraction of sp³-hybridized carbons (Fsp3) is 0.205. The SMILES string of the molecule is CCN(CC)S(=O)(=O)c1ccc(OC)c(N=Nc2c(O)c(C(=O)Nc3cc(Cl)c(OC)cc3OC)cc3c(CN4C(=O)c5ccccc5C4=O)cc(S(=O)(=O)O)cc23)c1. The third kappa shape index (κ3) is 8.02. The Bertz CT molecular complexity index is 2780. The summed E-state index contributed by atoms with van der Waals surface area (Å²) in [6, 6.07) is 15.8. The normalized spacial score (nSPS) is 13.1. The largest absolute Gasteiger partial charge is 0.505 e. The Morgan fingerprint density at radius 1 is 0.797 bits per heavy atom. The molecular formula is C39H36ClN5O12S2. The van der Waals surface area contributed by atoms with Gasteiger partial charge in [-0.2, -0.15) is 12.7 Å². The molecule has 0 fully saturated rings. The summed E-state index contributed by atoms with van der Waals surface area (Å²) in [6.07, 6.45) is 0. The molecule has 1 aliphatic rings. The monoisotopic (exact) mass is 865 g/mol. The van der Waals surface area contributed by atoms with Gasteiger partial charge < -0.3 is 24.6 Å².